The van der Waals surface area contributed by atoms with Crippen LogP contribution in [-0.2, 0) is 22.4 Å². The zero-order chi connectivity index (χ0) is 16.1. The third-order valence-electron chi connectivity index (χ3n) is 4.14. The van der Waals surface area contributed by atoms with Crippen molar-refractivity contribution in [2.45, 2.75) is 18.9 Å². The van der Waals surface area contributed by atoms with Gasteiger partial charge in [0, 0.05) is 24.0 Å². The number of benzene rings is 1. The van der Waals surface area contributed by atoms with E-state index in [1.165, 1.54) is 5.56 Å². The van der Waals surface area contributed by atoms with Crippen LogP contribution in [-0.4, -0.2) is 30.1 Å². The van der Waals surface area contributed by atoms with Gasteiger partial charge in [0.1, 0.15) is 0 Å². The Morgan fingerprint density at radius 1 is 1.13 bits per heavy atom. The lowest BCUT2D eigenvalue weighted by atomic mass is 9.95. The molecule has 3 rings (SSSR count). The summed E-state index contributed by atoms with van der Waals surface area (Å²) < 4.78 is 5.56. The number of carbonyl (C=O) groups is 1. The number of nitrogens with zero attached hydrogens (tertiary/aromatic N) is 1. The van der Waals surface area contributed by atoms with E-state index in [1.807, 2.05) is 36.4 Å². The lowest BCUT2D eigenvalue weighted by Crippen LogP contribution is -2.41. The van der Waals surface area contributed by atoms with Crippen LogP contribution in [0.15, 0.2) is 48.8 Å². The van der Waals surface area contributed by atoms with Crippen molar-refractivity contribution in [3.8, 4) is 0 Å². The predicted octanol–water partition coefficient (Wildman–Crippen LogP) is 1.58. The summed E-state index contributed by atoms with van der Waals surface area (Å²) >= 11 is 0. The van der Waals surface area contributed by atoms with E-state index in [1.54, 1.807) is 12.4 Å². The monoisotopic (exact) mass is 311 g/mol. The highest BCUT2D eigenvalue weighted by Gasteiger charge is 2.29. The Labute approximate surface area is 135 Å². The molecule has 1 aromatic heterocycles. The van der Waals surface area contributed by atoms with Crippen LogP contribution in [0, 0.1) is 5.92 Å². The maximum Gasteiger partial charge on any atom is 0.224 e. The predicted molar refractivity (Wildman–Crippen MR) is 88.7 cm³/mol. The molecular weight excluding hydrogens is 290 g/mol. The van der Waals surface area contributed by atoms with Crippen LogP contribution in [0.25, 0.3) is 0 Å². The summed E-state index contributed by atoms with van der Waals surface area (Å²) in [5.74, 6) is 0.317. The fraction of sp³-hybridized carbons (Fsp3) is 0.333. The fourth-order valence-electron chi connectivity index (χ4n) is 2.86. The normalized spacial score (nSPS) is 20.3. The van der Waals surface area contributed by atoms with Gasteiger partial charge in [0.05, 0.1) is 25.7 Å². The van der Waals surface area contributed by atoms with Crippen molar-refractivity contribution in [2.75, 3.05) is 18.9 Å². The van der Waals surface area contributed by atoms with Gasteiger partial charge >= 0.3 is 0 Å². The molecule has 2 atom stereocenters. The van der Waals surface area contributed by atoms with Gasteiger partial charge in [0.2, 0.25) is 5.91 Å². The minimum absolute atomic E-state index is 0.0185. The molecule has 1 aliphatic rings. The molecule has 0 spiro atoms. The van der Waals surface area contributed by atoms with Crippen LogP contribution in [0.2, 0.25) is 0 Å². The lowest BCUT2D eigenvalue weighted by Gasteiger charge is -2.19. The maximum absolute atomic E-state index is 12.2. The zero-order valence-electron chi connectivity index (χ0n) is 12.9. The summed E-state index contributed by atoms with van der Waals surface area (Å²) in [5, 5.41) is 3.10. The number of amides is 1. The Morgan fingerprint density at radius 2 is 1.87 bits per heavy atom. The second-order valence-electron chi connectivity index (χ2n) is 5.95. The van der Waals surface area contributed by atoms with Gasteiger partial charge in [-0.15, -0.1) is 0 Å². The first kappa shape index (κ1) is 15.5. The Morgan fingerprint density at radius 3 is 2.61 bits per heavy atom. The number of pyridine rings is 1. The minimum Gasteiger partial charge on any atom is -0.399 e. The Kier molecular flexibility index (Phi) is 4.88. The third-order valence-corrected chi connectivity index (χ3v) is 4.14. The van der Waals surface area contributed by atoms with Crippen molar-refractivity contribution < 1.29 is 9.53 Å². The van der Waals surface area contributed by atoms with Crippen LogP contribution in [0.5, 0.6) is 0 Å². The first-order chi connectivity index (χ1) is 11.2. The van der Waals surface area contributed by atoms with E-state index in [4.69, 9.17) is 10.5 Å². The number of carbonyl (C=O) groups excluding carboxylic acids is 1. The van der Waals surface area contributed by atoms with E-state index in [0.29, 0.717) is 31.2 Å². The smallest absolute Gasteiger partial charge is 0.224 e. The Bertz CT molecular complexity index is 643. The molecule has 0 radical (unpaired) electrons. The molecule has 2 unspecified atom stereocenters. The zero-order valence-corrected chi connectivity index (χ0v) is 12.9. The molecule has 1 amide bonds. The molecule has 0 aliphatic carbocycles. The number of hydrogen-bond donors (Lipinski definition) is 2. The molecule has 23 heavy (non-hydrogen) atoms. The molecule has 0 bridgehead atoms. The van der Waals surface area contributed by atoms with Crippen molar-refractivity contribution in [1.82, 2.24) is 10.3 Å². The molecule has 5 nitrogen and oxygen atoms in total. The molecule has 1 aromatic carbocycles. The molecule has 5 heteroatoms. The van der Waals surface area contributed by atoms with Crippen molar-refractivity contribution in [2.24, 2.45) is 5.92 Å². The van der Waals surface area contributed by atoms with E-state index in [0.717, 1.165) is 12.0 Å². The van der Waals surface area contributed by atoms with Gasteiger partial charge in [0.15, 0.2) is 0 Å². The summed E-state index contributed by atoms with van der Waals surface area (Å²) in [4.78, 5) is 16.3. The molecule has 1 saturated heterocycles. The van der Waals surface area contributed by atoms with Gasteiger partial charge in [-0.1, -0.05) is 12.1 Å². The van der Waals surface area contributed by atoms with Gasteiger partial charge in [-0.3, -0.25) is 9.78 Å². The van der Waals surface area contributed by atoms with Crippen LogP contribution >= 0.6 is 0 Å². The number of nitrogen functional groups attached to an aromatic ring is 1. The number of nitrogens with two attached hydrogens (primary N) is 1. The highest BCUT2D eigenvalue weighted by molar-refractivity contribution is 5.79. The van der Waals surface area contributed by atoms with Gasteiger partial charge in [-0.25, -0.2) is 0 Å². The topological polar surface area (TPSA) is 77.2 Å². The molecule has 3 N–H and O–H groups in total. The summed E-state index contributed by atoms with van der Waals surface area (Å²) in [6.45, 7) is 1.25. The highest BCUT2D eigenvalue weighted by atomic mass is 16.5. The summed E-state index contributed by atoms with van der Waals surface area (Å²) in [7, 11) is 0. The highest BCUT2D eigenvalue weighted by Crippen LogP contribution is 2.19. The molecule has 1 fully saturated rings. The van der Waals surface area contributed by atoms with E-state index in [2.05, 4.69) is 10.3 Å². The molecule has 2 heterocycles. The number of anilines is 1. The first-order valence-corrected chi connectivity index (χ1v) is 7.81. The van der Waals surface area contributed by atoms with Gasteiger partial charge in [0.25, 0.3) is 0 Å². The van der Waals surface area contributed by atoms with Crippen molar-refractivity contribution in [1.29, 1.82) is 0 Å². The second kappa shape index (κ2) is 7.24. The number of ether oxygens (including phenoxy) is 1. The van der Waals surface area contributed by atoms with Crippen molar-refractivity contribution >= 4 is 11.6 Å². The number of hydrogen-bond acceptors (Lipinski definition) is 4. The van der Waals surface area contributed by atoms with E-state index >= 15 is 0 Å². The molecule has 0 saturated carbocycles. The Balaban J connectivity index is 1.55. The Hall–Kier alpha value is -2.40. The molecule has 1 aliphatic heterocycles. The standard InChI is InChI=1S/C18H21N3O2/c19-16-3-1-13(2-4-16)10-18(22)21-17-12-23-11-15(17)9-14-5-7-20-8-6-14/h1-8,15,17H,9-12,19H2,(H,21,22). The molecular formula is C18H21N3O2. The van der Waals surface area contributed by atoms with Crippen LogP contribution in [0.3, 0.4) is 0 Å². The third kappa shape index (κ3) is 4.29. The van der Waals surface area contributed by atoms with Crippen LogP contribution in [0.4, 0.5) is 5.69 Å². The second-order valence-corrected chi connectivity index (χ2v) is 5.95. The SMILES string of the molecule is Nc1ccc(CC(=O)NC2COCC2Cc2ccncc2)cc1. The fourth-order valence-corrected chi connectivity index (χ4v) is 2.86. The number of aromatic nitrogens is 1. The van der Waals surface area contributed by atoms with Crippen molar-refractivity contribution in [3.63, 3.8) is 0 Å². The van der Waals surface area contributed by atoms with Crippen molar-refractivity contribution in [3.05, 3.63) is 59.9 Å². The van der Waals surface area contributed by atoms with Crippen LogP contribution < -0.4 is 11.1 Å². The summed E-state index contributed by atoms with van der Waals surface area (Å²) in [6.07, 6.45) is 4.83. The van der Waals surface area contributed by atoms with Gasteiger partial charge in [-0.05, 0) is 41.8 Å². The lowest BCUT2D eigenvalue weighted by molar-refractivity contribution is -0.121. The summed E-state index contributed by atoms with van der Waals surface area (Å²) in [6, 6.07) is 11.5. The number of rotatable bonds is 5. The number of nitrogens with one attached hydrogen (secondary N) is 1. The van der Waals surface area contributed by atoms with Gasteiger partial charge in [-0.2, -0.15) is 0 Å². The van der Waals surface area contributed by atoms with Crippen LogP contribution in [0.1, 0.15) is 11.1 Å². The maximum atomic E-state index is 12.2. The average molecular weight is 311 g/mol. The summed E-state index contributed by atoms with van der Waals surface area (Å²) in [5.41, 5.74) is 8.54. The molecule has 120 valence electrons. The average Bonchev–Trinajstić information content (AvgIpc) is 2.97. The molecule has 2 aromatic rings. The van der Waals surface area contributed by atoms with Gasteiger partial charge < -0.3 is 15.8 Å². The largest absolute Gasteiger partial charge is 0.399 e. The first-order valence-electron chi connectivity index (χ1n) is 7.81. The minimum atomic E-state index is 0.0185. The van der Waals surface area contributed by atoms with E-state index in [-0.39, 0.29) is 11.9 Å². The quantitative estimate of drug-likeness (QED) is 0.822. The van der Waals surface area contributed by atoms with E-state index in [9.17, 15) is 4.79 Å². The van der Waals surface area contributed by atoms with E-state index < -0.39 is 0 Å².